The van der Waals surface area contributed by atoms with E-state index < -0.39 is 5.97 Å². The zero-order chi connectivity index (χ0) is 16.2. The van der Waals surface area contributed by atoms with Crippen molar-refractivity contribution in [1.82, 2.24) is 4.90 Å². The Morgan fingerprint density at radius 3 is 2.59 bits per heavy atom. The zero-order valence-corrected chi connectivity index (χ0v) is 13.4. The highest BCUT2D eigenvalue weighted by Crippen LogP contribution is 2.12. The van der Waals surface area contributed by atoms with Crippen LogP contribution in [0.5, 0.6) is 0 Å². The first-order valence-corrected chi connectivity index (χ1v) is 7.82. The van der Waals surface area contributed by atoms with E-state index in [1.54, 1.807) is 13.0 Å². The van der Waals surface area contributed by atoms with E-state index in [9.17, 15) is 4.79 Å². The maximum Gasteiger partial charge on any atom is 0.348 e. The summed E-state index contributed by atoms with van der Waals surface area (Å²) < 4.78 is 4.81. The van der Waals surface area contributed by atoms with Crippen LogP contribution in [0.25, 0.3) is 0 Å². The Hall–Kier alpha value is -2.28. The predicted molar refractivity (Wildman–Crippen MR) is 87.5 cm³/mol. The SMILES string of the molecule is CCCCCCN1C=CC(=C/C=C(/C#N)C(=O)OCC)C=C1. The first-order chi connectivity index (χ1) is 10.7. The van der Waals surface area contributed by atoms with Crippen LogP contribution in [0.1, 0.15) is 39.5 Å². The van der Waals surface area contributed by atoms with Crippen LogP contribution in [0.15, 0.2) is 47.9 Å². The third-order valence-electron chi connectivity index (χ3n) is 3.25. The summed E-state index contributed by atoms with van der Waals surface area (Å²) in [6.45, 7) is 5.20. The quantitative estimate of drug-likeness (QED) is 0.296. The maximum absolute atomic E-state index is 11.5. The predicted octanol–water partition coefficient (Wildman–Crippen LogP) is 3.85. The maximum atomic E-state index is 11.5. The first kappa shape index (κ1) is 17.8. The fourth-order valence-corrected chi connectivity index (χ4v) is 1.99. The Morgan fingerprint density at radius 1 is 1.27 bits per heavy atom. The van der Waals surface area contributed by atoms with Gasteiger partial charge in [-0.2, -0.15) is 5.26 Å². The van der Waals surface area contributed by atoms with Crippen LogP contribution in [0, 0.1) is 11.3 Å². The lowest BCUT2D eigenvalue weighted by molar-refractivity contribution is -0.138. The van der Waals surface area contributed by atoms with Gasteiger partial charge in [0.25, 0.3) is 0 Å². The van der Waals surface area contributed by atoms with Crippen LogP contribution in [0.2, 0.25) is 0 Å². The molecular weight excluding hydrogens is 276 g/mol. The van der Waals surface area contributed by atoms with Gasteiger partial charge >= 0.3 is 5.97 Å². The molecule has 22 heavy (non-hydrogen) atoms. The number of allylic oxidation sites excluding steroid dienone is 5. The Kier molecular flexibility index (Phi) is 8.44. The van der Waals surface area contributed by atoms with Crippen molar-refractivity contribution < 1.29 is 9.53 Å². The second-order valence-corrected chi connectivity index (χ2v) is 5.01. The summed E-state index contributed by atoms with van der Waals surface area (Å²) in [7, 11) is 0. The molecule has 0 saturated heterocycles. The summed E-state index contributed by atoms with van der Waals surface area (Å²) in [6.07, 6.45) is 16.2. The van der Waals surface area contributed by atoms with Crippen molar-refractivity contribution in [2.24, 2.45) is 0 Å². The molecule has 1 aliphatic heterocycles. The molecule has 1 rings (SSSR count). The van der Waals surface area contributed by atoms with Crippen LogP contribution in [-0.2, 0) is 9.53 Å². The minimum Gasteiger partial charge on any atom is -0.462 e. The Balaban J connectivity index is 2.53. The van der Waals surface area contributed by atoms with Gasteiger partial charge in [0.2, 0.25) is 0 Å². The monoisotopic (exact) mass is 300 g/mol. The zero-order valence-electron chi connectivity index (χ0n) is 13.4. The van der Waals surface area contributed by atoms with Gasteiger partial charge in [-0.3, -0.25) is 0 Å². The number of hydrogen-bond acceptors (Lipinski definition) is 4. The van der Waals surface area contributed by atoms with Crippen LogP contribution >= 0.6 is 0 Å². The van der Waals surface area contributed by atoms with Crippen molar-refractivity contribution in [1.29, 1.82) is 5.26 Å². The highest BCUT2D eigenvalue weighted by molar-refractivity contribution is 5.93. The van der Waals surface area contributed by atoms with Gasteiger partial charge in [-0.25, -0.2) is 4.79 Å². The van der Waals surface area contributed by atoms with Gasteiger partial charge in [0, 0.05) is 18.9 Å². The summed E-state index contributed by atoms with van der Waals surface area (Å²) in [5.41, 5.74) is 0.958. The summed E-state index contributed by atoms with van der Waals surface area (Å²) in [5, 5.41) is 8.94. The van der Waals surface area contributed by atoms with E-state index >= 15 is 0 Å². The van der Waals surface area contributed by atoms with Crippen molar-refractivity contribution >= 4 is 5.97 Å². The number of esters is 1. The number of ether oxygens (including phenoxy) is 1. The average molecular weight is 300 g/mol. The van der Waals surface area contributed by atoms with Crippen molar-refractivity contribution in [2.75, 3.05) is 13.2 Å². The molecule has 0 bridgehead atoms. The van der Waals surface area contributed by atoms with Crippen LogP contribution in [0.3, 0.4) is 0 Å². The molecule has 0 aromatic heterocycles. The normalized spacial score (nSPS) is 14.0. The smallest absolute Gasteiger partial charge is 0.348 e. The lowest BCUT2D eigenvalue weighted by atomic mass is 10.1. The summed E-state index contributed by atoms with van der Waals surface area (Å²) in [5.74, 6) is -0.580. The minimum absolute atomic E-state index is 0.0122. The number of carbonyl (C=O) groups excluding carboxylic acids is 1. The van der Waals surface area contributed by atoms with E-state index in [1.807, 2.05) is 30.6 Å². The molecule has 0 aromatic carbocycles. The van der Waals surface area contributed by atoms with Gasteiger partial charge in [0.05, 0.1) is 6.61 Å². The summed E-state index contributed by atoms with van der Waals surface area (Å²) in [4.78, 5) is 13.6. The highest BCUT2D eigenvalue weighted by atomic mass is 16.5. The molecule has 0 unspecified atom stereocenters. The molecule has 0 aromatic rings. The molecule has 1 aliphatic rings. The third-order valence-corrected chi connectivity index (χ3v) is 3.25. The number of carbonyl (C=O) groups is 1. The fraction of sp³-hybridized carbons (Fsp3) is 0.444. The second-order valence-electron chi connectivity index (χ2n) is 5.01. The first-order valence-electron chi connectivity index (χ1n) is 7.82. The van der Waals surface area contributed by atoms with Crippen LogP contribution in [0.4, 0.5) is 0 Å². The number of nitrogens with zero attached hydrogens (tertiary/aromatic N) is 2. The van der Waals surface area contributed by atoms with E-state index in [0.29, 0.717) is 0 Å². The molecule has 118 valence electrons. The van der Waals surface area contributed by atoms with Crippen LogP contribution < -0.4 is 0 Å². The van der Waals surface area contributed by atoms with Crippen molar-refractivity contribution in [3.63, 3.8) is 0 Å². The van der Waals surface area contributed by atoms with Gasteiger partial charge in [-0.15, -0.1) is 0 Å². The molecule has 4 heteroatoms. The topological polar surface area (TPSA) is 53.3 Å². The molecule has 0 spiro atoms. The van der Waals surface area contributed by atoms with E-state index in [1.165, 1.54) is 31.8 Å². The standard InChI is InChI=1S/C18H24N2O2/c1-3-5-6-7-12-20-13-10-16(11-14-20)8-9-17(15-19)18(21)22-4-2/h8-11,13-14H,3-7,12H2,1-2H3/b17-9-. The van der Waals surface area contributed by atoms with Crippen molar-refractivity contribution in [2.45, 2.75) is 39.5 Å². The van der Waals surface area contributed by atoms with Gasteiger partial charge in [-0.1, -0.05) is 32.3 Å². The van der Waals surface area contributed by atoms with E-state index in [4.69, 9.17) is 10.00 Å². The lowest BCUT2D eigenvalue weighted by Gasteiger charge is -2.18. The summed E-state index contributed by atoms with van der Waals surface area (Å²) in [6, 6.07) is 1.86. The Labute approximate surface area is 133 Å². The minimum atomic E-state index is -0.580. The number of hydrogen-bond donors (Lipinski definition) is 0. The van der Waals surface area contributed by atoms with Gasteiger partial charge < -0.3 is 9.64 Å². The third kappa shape index (κ3) is 6.45. The number of nitriles is 1. The van der Waals surface area contributed by atoms with E-state index in [2.05, 4.69) is 11.8 Å². The Morgan fingerprint density at radius 2 is 2.00 bits per heavy atom. The molecule has 0 amide bonds. The molecule has 0 N–H and O–H groups in total. The molecule has 0 atom stereocenters. The van der Waals surface area contributed by atoms with E-state index in [0.717, 1.165) is 12.1 Å². The molecule has 4 nitrogen and oxygen atoms in total. The van der Waals surface area contributed by atoms with Gasteiger partial charge in [0.1, 0.15) is 11.6 Å². The van der Waals surface area contributed by atoms with E-state index in [-0.39, 0.29) is 12.2 Å². The van der Waals surface area contributed by atoms with Crippen molar-refractivity contribution in [3.8, 4) is 6.07 Å². The van der Waals surface area contributed by atoms with Crippen LogP contribution in [-0.4, -0.2) is 24.0 Å². The second kappa shape index (κ2) is 10.4. The molecule has 0 saturated carbocycles. The van der Waals surface area contributed by atoms with Crippen molar-refractivity contribution in [3.05, 3.63) is 47.9 Å². The van der Waals surface area contributed by atoms with Gasteiger partial charge in [-0.05, 0) is 37.1 Å². The molecule has 1 heterocycles. The van der Waals surface area contributed by atoms with Gasteiger partial charge in [0.15, 0.2) is 0 Å². The largest absolute Gasteiger partial charge is 0.462 e. The Bertz CT molecular complexity index is 506. The average Bonchev–Trinajstić information content (AvgIpc) is 2.54. The summed E-state index contributed by atoms with van der Waals surface area (Å²) >= 11 is 0. The number of rotatable bonds is 8. The molecular formula is C18H24N2O2. The lowest BCUT2D eigenvalue weighted by Crippen LogP contribution is -2.13. The number of unbranched alkanes of at least 4 members (excludes halogenated alkanes) is 3. The molecule has 0 fully saturated rings. The highest BCUT2D eigenvalue weighted by Gasteiger charge is 2.08. The molecule has 0 radical (unpaired) electrons. The molecule has 0 aliphatic carbocycles. The fourth-order valence-electron chi connectivity index (χ4n) is 1.99.